The van der Waals surface area contributed by atoms with Crippen molar-refractivity contribution in [2.24, 2.45) is 5.41 Å². The molecule has 1 aliphatic heterocycles. The Morgan fingerprint density at radius 1 is 1.45 bits per heavy atom. The first-order valence-electron chi connectivity index (χ1n) is 7.51. The molecule has 3 heterocycles. The number of H-pyrrole nitrogens is 1. The van der Waals surface area contributed by atoms with E-state index < -0.39 is 0 Å². The van der Waals surface area contributed by atoms with Crippen molar-refractivity contribution in [3.05, 3.63) is 36.2 Å². The van der Waals surface area contributed by atoms with Gasteiger partial charge in [0, 0.05) is 36.3 Å². The Morgan fingerprint density at radius 3 is 3.09 bits per heavy atom. The lowest BCUT2D eigenvalue weighted by Gasteiger charge is -2.33. The molecule has 2 aromatic rings. The predicted molar refractivity (Wildman–Crippen MR) is 82.5 cm³/mol. The SMILES string of the molecule is N#CCC(=O)N1CC=C(c2ccnc3[nH]ccc23)C2(CC2)C1. The standard InChI is InChI=1S/C17H16N4O/c18-7-1-15(22)21-10-4-14(17(11-21)5-6-17)12-2-8-19-16-13(12)3-9-20-16/h2-4,8-9H,1,5-6,10-11H2,(H,19,20). The zero-order valence-electron chi connectivity index (χ0n) is 12.2. The maximum atomic E-state index is 12.0. The molecule has 2 aliphatic rings. The first kappa shape index (κ1) is 13.1. The molecular weight excluding hydrogens is 276 g/mol. The number of aromatic nitrogens is 2. The lowest BCUT2D eigenvalue weighted by atomic mass is 9.85. The van der Waals surface area contributed by atoms with Gasteiger partial charge in [-0.05, 0) is 36.1 Å². The number of nitriles is 1. The average molecular weight is 292 g/mol. The van der Waals surface area contributed by atoms with E-state index in [-0.39, 0.29) is 17.7 Å². The van der Waals surface area contributed by atoms with E-state index in [4.69, 9.17) is 5.26 Å². The van der Waals surface area contributed by atoms with Crippen molar-refractivity contribution in [3.63, 3.8) is 0 Å². The minimum atomic E-state index is -0.0643. The summed E-state index contributed by atoms with van der Waals surface area (Å²) in [5.74, 6) is -0.0643. The lowest BCUT2D eigenvalue weighted by Crippen LogP contribution is -2.39. The molecule has 0 atom stereocenters. The van der Waals surface area contributed by atoms with Crippen LogP contribution in [0.2, 0.25) is 0 Å². The van der Waals surface area contributed by atoms with E-state index in [1.165, 1.54) is 11.1 Å². The second-order valence-electron chi connectivity index (χ2n) is 6.11. The van der Waals surface area contributed by atoms with Crippen LogP contribution >= 0.6 is 0 Å². The molecule has 4 rings (SSSR count). The maximum Gasteiger partial charge on any atom is 0.237 e. The van der Waals surface area contributed by atoms with Crippen LogP contribution in [0.4, 0.5) is 0 Å². The van der Waals surface area contributed by atoms with Gasteiger partial charge in [0.05, 0.1) is 6.07 Å². The van der Waals surface area contributed by atoms with Crippen molar-refractivity contribution in [1.82, 2.24) is 14.9 Å². The van der Waals surface area contributed by atoms with Gasteiger partial charge in [-0.25, -0.2) is 4.98 Å². The highest BCUT2D eigenvalue weighted by Crippen LogP contribution is 2.58. The van der Waals surface area contributed by atoms with Gasteiger partial charge in [0.15, 0.2) is 0 Å². The molecule has 5 nitrogen and oxygen atoms in total. The first-order valence-corrected chi connectivity index (χ1v) is 7.51. The van der Waals surface area contributed by atoms with E-state index in [0.29, 0.717) is 6.54 Å². The second kappa shape index (κ2) is 4.70. The number of fused-ring (bicyclic) bond motifs is 1. The topological polar surface area (TPSA) is 72.8 Å². The molecule has 5 heteroatoms. The van der Waals surface area contributed by atoms with E-state index >= 15 is 0 Å². The molecular formula is C17H16N4O. The average Bonchev–Trinajstić information content (AvgIpc) is 3.11. The lowest BCUT2D eigenvalue weighted by molar-refractivity contribution is -0.130. The van der Waals surface area contributed by atoms with Crippen LogP contribution in [0.15, 0.2) is 30.6 Å². The largest absolute Gasteiger partial charge is 0.346 e. The van der Waals surface area contributed by atoms with Crippen LogP contribution in [-0.4, -0.2) is 33.9 Å². The smallest absolute Gasteiger partial charge is 0.237 e. The predicted octanol–water partition coefficient (Wildman–Crippen LogP) is 2.48. The molecule has 22 heavy (non-hydrogen) atoms. The number of aromatic amines is 1. The van der Waals surface area contributed by atoms with Crippen LogP contribution in [0, 0.1) is 16.7 Å². The van der Waals surface area contributed by atoms with E-state index in [2.05, 4.69) is 28.2 Å². The second-order valence-corrected chi connectivity index (χ2v) is 6.11. The number of carbonyl (C=O) groups is 1. The number of nitrogens with one attached hydrogen (secondary N) is 1. The van der Waals surface area contributed by atoms with Crippen molar-refractivity contribution < 1.29 is 4.79 Å². The molecule has 1 amide bonds. The van der Waals surface area contributed by atoms with Gasteiger partial charge in [-0.2, -0.15) is 5.26 Å². The normalized spacial score (nSPS) is 19.0. The van der Waals surface area contributed by atoms with Crippen molar-refractivity contribution in [2.45, 2.75) is 19.3 Å². The van der Waals surface area contributed by atoms with E-state index in [9.17, 15) is 4.79 Å². The Balaban J connectivity index is 1.73. The highest BCUT2D eigenvalue weighted by molar-refractivity contribution is 5.93. The number of pyridine rings is 1. The monoisotopic (exact) mass is 292 g/mol. The summed E-state index contributed by atoms with van der Waals surface area (Å²) in [6.45, 7) is 1.32. The third kappa shape index (κ3) is 1.92. The van der Waals surface area contributed by atoms with E-state index in [1.54, 1.807) is 0 Å². The Kier molecular flexibility index (Phi) is 2.80. The maximum absolute atomic E-state index is 12.0. The molecule has 1 N–H and O–H groups in total. The van der Waals surface area contributed by atoms with Gasteiger partial charge in [0.1, 0.15) is 12.1 Å². The number of nitrogens with zero attached hydrogens (tertiary/aromatic N) is 3. The summed E-state index contributed by atoms with van der Waals surface area (Å²) >= 11 is 0. The van der Waals surface area contributed by atoms with Gasteiger partial charge in [0.2, 0.25) is 5.91 Å². The van der Waals surface area contributed by atoms with Crippen molar-refractivity contribution in [1.29, 1.82) is 5.26 Å². The molecule has 0 unspecified atom stereocenters. The third-order valence-corrected chi connectivity index (χ3v) is 4.77. The van der Waals surface area contributed by atoms with Gasteiger partial charge >= 0.3 is 0 Å². The highest BCUT2D eigenvalue weighted by Gasteiger charge is 2.50. The van der Waals surface area contributed by atoms with Crippen molar-refractivity contribution in [2.75, 3.05) is 13.1 Å². The van der Waals surface area contributed by atoms with Gasteiger partial charge in [-0.15, -0.1) is 0 Å². The van der Waals surface area contributed by atoms with E-state index in [0.717, 1.165) is 30.4 Å². The number of amides is 1. The summed E-state index contributed by atoms with van der Waals surface area (Å²) in [4.78, 5) is 21.3. The van der Waals surface area contributed by atoms with Crippen molar-refractivity contribution in [3.8, 4) is 6.07 Å². The molecule has 0 saturated heterocycles. The number of rotatable bonds is 2. The fraction of sp³-hybridized carbons (Fsp3) is 0.353. The quantitative estimate of drug-likeness (QED) is 0.924. The molecule has 0 bridgehead atoms. The van der Waals surface area contributed by atoms with Crippen molar-refractivity contribution >= 4 is 22.5 Å². The Morgan fingerprint density at radius 2 is 2.32 bits per heavy atom. The molecule has 1 fully saturated rings. The minimum Gasteiger partial charge on any atom is -0.346 e. The van der Waals surface area contributed by atoms with Crippen LogP contribution in [0.3, 0.4) is 0 Å². The summed E-state index contributed by atoms with van der Waals surface area (Å²) in [6.07, 6.45) is 8.07. The highest BCUT2D eigenvalue weighted by atomic mass is 16.2. The minimum absolute atomic E-state index is 0.0312. The summed E-state index contributed by atoms with van der Waals surface area (Å²) < 4.78 is 0. The zero-order valence-corrected chi connectivity index (χ0v) is 12.2. The number of hydrogen-bond donors (Lipinski definition) is 1. The zero-order chi connectivity index (χ0) is 15.2. The molecule has 1 aliphatic carbocycles. The molecule has 1 saturated carbocycles. The van der Waals surface area contributed by atoms with Gasteiger partial charge in [-0.1, -0.05) is 6.08 Å². The molecule has 110 valence electrons. The number of hydrogen-bond acceptors (Lipinski definition) is 3. The summed E-state index contributed by atoms with van der Waals surface area (Å²) in [6, 6.07) is 6.07. The van der Waals surface area contributed by atoms with Gasteiger partial charge in [-0.3, -0.25) is 4.79 Å². The van der Waals surface area contributed by atoms with Crippen LogP contribution < -0.4 is 0 Å². The summed E-state index contributed by atoms with van der Waals surface area (Å²) in [5, 5.41) is 9.85. The summed E-state index contributed by atoms with van der Waals surface area (Å²) in [5.41, 5.74) is 3.53. The Labute approximate surface area is 128 Å². The van der Waals surface area contributed by atoms with Crippen LogP contribution in [-0.2, 0) is 4.79 Å². The molecule has 0 aromatic carbocycles. The van der Waals surface area contributed by atoms with Crippen LogP contribution in [0.25, 0.3) is 16.6 Å². The molecule has 0 radical (unpaired) electrons. The molecule has 2 aromatic heterocycles. The third-order valence-electron chi connectivity index (χ3n) is 4.77. The van der Waals surface area contributed by atoms with E-state index in [1.807, 2.05) is 23.4 Å². The fourth-order valence-electron chi connectivity index (χ4n) is 3.47. The molecule has 1 spiro atoms. The Hall–Kier alpha value is -2.61. The van der Waals surface area contributed by atoms with Gasteiger partial charge < -0.3 is 9.88 Å². The van der Waals surface area contributed by atoms with Crippen LogP contribution in [0.5, 0.6) is 0 Å². The van der Waals surface area contributed by atoms with Gasteiger partial charge in [0.25, 0.3) is 0 Å². The summed E-state index contributed by atoms with van der Waals surface area (Å²) in [7, 11) is 0. The number of carbonyl (C=O) groups excluding carboxylic acids is 1. The fourth-order valence-corrected chi connectivity index (χ4v) is 3.47. The Bertz CT molecular complexity index is 823. The van der Waals surface area contributed by atoms with Crippen LogP contribution in [0.1, 0.15) is 24.8 Å². The first-order chi connectivity index (χ1) is 10.7.